The highest BCUT2D eigenvalue weighted by Gasteiger charge is 2.28. The van der Waals surface area contributed by atoms with Crippen molar-refractivity contribution < 1.29 is 32.9 Å². The second-order valence-corrected chi connectivity index (χ2v) is 29.2. The zero-order valence-corrected chi connectivity index (χ0v) is 61.7. The topological polar surface area (TPSA) is 105 Å². The number of rotatable bonds is 72. The Labute approximate surface area is 566 Å². The summed E-state index contributed by atoms with van der Waals surface area (Å²) < 4.78 is 23.9. The smallest absolute Gasteiger partial charge is 0.387 e. The standard InChI is InChI=1S/C82H151N2O6P/c1-6-8-10-12-14-16-18-20-22-24-26-28-30-32-34-36-38-39-40-41-42-43-44-45-46-48-50-52-54-56-58-60-62-64-66-68-70-72-74-76-82(86)83-80(79-90-91(87,88)89-78-77-84(3,4)5)81(85)75-73-71-69-67-65-63-61-59-57-55-53-51-49-47-37-35-33-31-29-27-25-23-21-19-17-15-13-11-9-7-2/h8,10,14,16,20,22,26,28,32,34,38-39,41-42,73,75,80-81,85H,6-7,9,11-13,15,17-19,21,23-25,27,29-31,33,35-37,40,43-72,74,76-79H2,1-5H3,(H-,83,86,87,88)/p+1/b10-8-,16-14-,22-20-,28-26-,34-32-,39-38-,42-41-,75-73+. The normalized spacial score (nSPS) is 14.1. The minimum atomic E-state index is -4.36. The van der Waals surface area contributed by atoms with Crippen molar-refractivity contribution in [3.05, 3.63) is 97.2 Å². The Kier molecular flexibility index (Phi) is 69.7. The van der Waals surface area contributed by atoms with Crippen LogP contribution in [0.15, 0.2) is 97.2 Å². The Hall–Kier alpha value is -2.58. The first-order chi connectivity index (χ1) is 44.5. The molecule has 8 nitrogen and oxygen atoms in total. The van der Waals surface area contributed by atoms with Gasteiger partial charge in [0.15, 0.2) is 0 Å². The lowest BCUT2D eigenvalue weighted by molar-refractivity contribution is -0.870. The average molecular weight is 1290 g/mol. The molecule has 9 heteroatoms. The Morgan fingerprint density at radius 1 is 0.385 bits per heavy atom. The van der Waals surface area contributed by atoms with Crippen molar-refractivity contribution >= 4 is 13.7 Å². The molecule has 3 unspecified atom stereocenters. The Morgan fingerprint density at radius 2 is 0.659 bits per heavy atom. The molecular weight excluding hydrogens is 1140 g/mol. The molecule has 3 atom stereocenters. The van der Waals surface area contributed by atoms with Crippen molar-refractivity contribution in [1.82, 2.24) is 5.32 Å². The molecule has 3 N–H and O–H groups in total. The third-order valence-electron chi connectivity index (χ3n) is 17.6. The first kappa shape index (κ1) is 88.4. The monoisotopic (exact) mass is 1290 g/mol. The lowest BCUT2D eigenvalue weighted by Crippen LogP contribution is -2.45. The van der Waals surface area contributed by atoms with Crippen molar-refractivity contribution in [2.24, 2.45) is 0 Å². The van der Waals surface area contributed by atoms with Crippen LogP contribution < -0.4 is 5.32 Å². The number of aliphatic hydroxyl groups excluding tert-OH is 1. The maximum atomic E-state index is 13.1. The Morgan fingerprint density at radius 3 is 0.967 bits per heavy atom. The van der Waals surface area contributed by atoms with E-state index in [1.807, 2.05) is 27.2 Å². The van der Waals surface area contributed by atoms with Crippen LogP contribution in [-0.4, -0.2) is 73.4 Å². The number of carbonyl (C=O) groups is 1. The molecule has 530 valence electrons. The van der Waals surface area contributed by atoms with Gasteiger partial charge in [-0.3, -0.25) is 13.8 Å². The predicted octanol–water partition coefficient (Wildman–Crippen LogP) is 25.6. The molecule has 0 radical (unpaired) electrons. The van der Waals surface area contributed by atoms with Gasteiger partial charge in [0.05, 0.1) is 39.9 Å². The van der Waals surface area contributed by atoms with Gasteiger partial charge in [0, 0.05) is 6.42 Å². The number of unbranched alkanes of at least 4 members (excludes halogenated alkanes) is 45. The number of quaternary nitrogens is 1. The van der Waals surface area contributed by atoms with Crippen molar-refractivity contribution in [2.75, 3.05) is 40.9 Å². The number of amides is 1. The van der Waals surface area contributed by atoms with Gasteiger partial charge in [-0.25, -0.2) is 4.57 Å². The van der Waals surface area contributed by atoms with E-state index in [9.17, 15) is 19.4 Å². The van der Waals surface area contributed by atoms with Gasteiger partial charge in [-0.2, -0.15) is 0 Å². The second-order valence-electron chi connectivity index (χ2n) is 27.7. The number of hydrogen-bond donors (Lipinski definition) is 3. The zero-order valence-electron chi connectivity index (χ0n) is 60.8. The highest BCUT2D eigenvalue weighted by molar-refractivity contribution is 7.47. The highest BCUT2D eigenvalue weighted by atomic mass is 31.2. The summed E-state index contributed by atoms with van der Waals surface area (Å²) in [6.45, 7) is 4.75. The van der Waals surface area contributed by atoms with Gasteiger partial charge < -0.3 is 19.8 Å². The van der Waals surface area contributed by atoms with Gasteiger partial charge in [0.25, 0.3) is 0 Å². The average Bonchev–Trinajstić information content (AvgIpc) is 3.58. The van der Waals surface area contributed by atoms with Gasteiger partial charge >= 0.3 is 7.82 Å². The summed E-state index contributed by atoms with van der Waals surface area (Å²) in [5.41, 5.74) is 0. The van der Waals surface area contributed by atoms with E-state index in [0.29, 0.717) is 17.4 Å². The summed E-state index contributed by atoms with van der Waals surface area (Å²) in [6, 6.07) is -0.852. The van der Waals surface area contributed by atoms with Crippen LogP contribution in [0.4, 0.5) is 0 Å². The summed E-state index contributed by atoms with van der Waals surface area (Å²) >= 11 is 0. The maximum absolute atomic E-state index is 13.1. The van der Waals surface area contributed by atoms with Crippen LogP contribution in [0.1, 0.15) is 367 Å². The molecule has 0 aromatic heterocycles. The molecule has 0 saturated heterocycles. The third-order valence-corrected chi connectivity index (χ3v) is 18.5. The fraction of sp³-hybridized carbons (Fsp3) is 0.793. The molecule has 91 heavy (non-hydrogen) atoms. The number of likely N-dealkylation sites (N-methyl/N-ethyl adjacent to an activating group) is 1. The third kappa shape index (κ3) is 74.7. The molecule has 0 aliphatic rings. The fourth-order valence-electron chi connectivity index (χ4n) is 11.6. The van der Waals surface area contributed by atoms with Crippen LogP contribution in [0.2, 0.25) is 0 Å². The Balaban J connectivity index is 4.00. The van der Waals surface area contributed by atoms with E-state index in [-0.39, 0.29) is 19.1 Å². The van der Waals surface area contributed by atoms with E-state index in [4.69, 9.17) is 9.05 Å². The summed E-state index contributed by atoms with van der Waals surface area (Å²) in [5.74, 6) is -0.173. The van der Waals surface area contributed by atoms with Gasteiger partial charge in [-0.05, 0) is 77.0 Å². The number of phosphoric acid groups is 1. The van der Waals surface area contributed by atoms with Gasteiger partial charge in [0.2, 0.25) is 5.91 Å². The quantitative estimate of drug-likeness (QED) is 0.0243. The van der Waals surface area contributed by atoms with Crippen molar-refractivity contribution in [3.8, 4) is 0 Å². The second kappa shape index (κ2) is 71.7. The van der Waals surface area contributed by atoms with E-state index in [2.05, 4.69) is 104 Å². The number of allylic oxidation sites excluding steroid dienone is 15. The maximum Gasteiger partial charge on any atom is 0.472 e. The number of nitrogens with zero attached hydrogens (tertiary/aromatic N) is 1. The number of phosphoric ester groups is 1. The van der Waals surface area contributed by atoms with E-state index >= 15 is 0 Å². The summed E-state index contributed by atoms with van der Waals surface area (Å²) in [5, 5.41) is 14.1. The molecule has 0 spiro atoms. The summed E-state index contributed by atoms with van der Waals surface area (Å²) in [6.07, 6.45) is 104. The molecule has 0 aromatic carbocycles. The lowest BCUT2D eigenvalue weighted by Gasteiger charge is -2.25. The summed E-state index contributed by atoms with van der Waals surface area (Å²) in [4.78, 5) is 23.5. The Bertz CT molecular complexity index is 1810. The SMILES string of the molecule is CC/C=C\C/C=C\C/C=C\C/C=C\C/C=C\C/C=C\C/C=C\CCCCCCCCCCCCCCCCCCCC(=O)NC(COP(=O)(O)OCC[N+](C)(C)C)C(O)/C=C/CCCCCCCCCCCCCCCCCCCCCCCCCCCCCC. The first-order valence-corrected chi connectivity index (χ1v) is 40.6. The van der Waals surface area contributed by atoms with Crippen LogP contribution in [0.25, 0.3) is 0 Å². The fourth-order valence-corrected chi connectivity index (χ4v) is 12.3. The molecule has 0 heterocycles. The molecule has 0 rings (SSSR count). The van der Waals surface area contributed by atoms with E-state index in [0.717, 1.165) is 83.5 Å². The van der Waals surface area contributed by atoms with E-state index < -0.39 is 20.0 Å². The molecule has 0 fully saturated rings. The number of nitrogens with one attached hydrogen (secondary N) is 1. The van der Waals surface area contributed by atoms with Gasteiger partial charge in [-0.15, -0.1) is 0 Å². The van der Waals surface area contributed by atoms with Crippen LogP contribution >= 0.6 is 7.82 Å². The first-order valence-electron chi connectivity index (χ1n) is 39.1. The largest absolute Gasteiger partial charge is 0.472 e. The minimum Gasteiger partial charge on any atom is -0.387 e. The molecule has 0 aromatic rings. The molecule has 0 aliphatic heterocycles. The van der Waals surface area contributed by atoms with Crippen LogP contribution in [0.3, 0.4) is 0 Å². The molecule has 0 bridgehead atoms. The van der Waals surface area contributed by atoms with Crippen molar-refractivity contribution in [2.45, 2.75) is 379 Å². The highest BCUT2D eigenvalue weighted by Crippen LogP contribution is 2.43. The molecule has 1 amide bonds. The van der Waals surface area contributed by atoms with Crippen molar-refractivity contribution in [1.29, 1.82) is 0 Å². The predicted molar refractivity (Wildman–Crippen MR) is 401 cm³/mol. The molecule has 0 saturated carbocycles. The van der Waals surface area contributed by atoms with Crippen molar-refractivity contribution in [3.63, 3.8) is 0 Å². The van der Waals surface area contributed by atoms with Gasteiger partial charge in [0.1, 0.15) is 13.2 Å². The lowest BCUT2D eigenvalue weighted by atomic mass is 10.0. The molecule has 0 aliphatic carbocycles. The number of carbonyl (C=O) groups excluding carboxylic acids is 1. The van der Waals surface area contributed by atoms with E-state index in [1.54, 1.807) is 6.08 Å². The van der Waals surface area contributed by atoms with Crippen LogP contribution in [0, 0.1) is 0 Å². The number of aliphatic hydroxyl groups is 1. The summed E-state index contributed by atoms with van der Waals surface area (Å²) in [7, 11) is 1.58. The van der Waals surface area contributed by atoms with Crippen LogP contribution in [0.5, 0.6) is 0 Å². The van der Waals surface area contributed by atoms with Gasteiger partial charge in [-0.1, -0.05) is 381 Å². The molecular formula is C82H152N2O6P+. The minimum absolute atomic E-state index is 0.0603. The van der Waals surface area contributed by atoms with E-state index in [1.165, 1.54) is 263 Å². The van der Waals surface area contributed by atoms with Crippen LogP contribution in [-0.2, 0) is 18.4 Å². The zero-order chi connectivity index (χ0) is 66.2. The number of hydrogen-bond acceptors (Lipinski definition) is 5.